The fourth-order valence-electron chi connectivity index (χ4n) is 1.62. The average Bonchev–Trinajstić information content (AvgIpc) is 2.57. The van der Waals surface area contributed by atoms with Gasteiger partial charge in [-0.15, -0.1) is 0 Å². The summed E-state index contributed by atoms with van der Waals surface area (Å²) in [5.41, 5.74) is 1.02. The second-order valence-corrected chi connectivity index (χ2v) is 5.90. The lowest BCUT2D eigenvalue weighted by molar-refractivity contribution is 0.691. The van der Waals surface area contributed by atoms with Crippen molar-refractivity contribution in [1.29, 1.82) is 0 Å². The van der Waals surface area contributed by atoms with E-state index in [0.29, 0.717) is 0 Å². The van der Waals surface area contributed by atoms with Crippen molar-refractivity contribution in [2.24, 2.45) is 7.05 Å². The van der Waals surface area contributed by atoms with Gasteiger partial charge in [0.25, 0.3) is 0 Å². The van der Waals surface area contributed by atoms with Crippen LogP contribution in [0.5, 0.6) is 0 Å². The highest BCUT2D eigenvalue weighted by atomic mass is 79.9. The van der Waals surface area contributed by atoms with E-state index in [-0.39, 0.29) is 0 Å². The van der Waals surface area contributed by atoms with Crippen molar-refractivity contribution in [2.45, 2.75) is 36.7 Å². The molecular weight excluding hydrogens is 312 g/mol. The van der Waals surface area contributed by atoms with Crippen LogP contribution in [-0.2, 0) is 13.5 Å². The van der Waals surface area contributed by atoms with Gasteiger partial charge in [-0.1, -0.05) is 18.7 Å². The van der Waals surface area contributed by atoms with E-state index in [0.717, 1.165) is 39.0 Å². The van der Waals surface area contributed by atoms with Gasteiger partial charge in [0.1, 0.15) is 20.5 Å². The minimum atomic E-state index is 0.836. The molecule has 0 N–H and O–H groups in total. The maximum atomic E-state index is 4.55. The van der Waals surface area contributed by atoms with Crippen molar-refractivity contribution in [3.8, 4) is 0 Å². The highest BCUT2D eigenvalue weighted by Gasteiger charge is 2.08. The molecule has 0 atom stereocenters. The topological polar surface area (TPSA) is 43.6 Å². The lowest BCUT2D eigenvalue weighted by atomic mass is 10.3. The van der Waals surface area contributed by atoms with Gasteiger partial charge in [0, 0.05) is 19.5 Å². The van der Waals surface area contributed by atoms with Gasteiger partial charge < -0.3 is 0 Å². The summed E-state index contributed by atoms with van der Waals surface area (Å²) < 4.78 is 2.71. The Labute approximate surface area is 119 Å². The summed E-state index contributed by atoms with van der Waals surface area (Å²) in [6.07, 6.45) is 1.95. The number of halogens is 1. The van der Waals surface area contributed by atoms with Crippen molar-refractivity contribution >= 4 is 27.7 Å². The molecule has 0 saturated heterocycles. The van der Waals surface area contributed by atoms with Crippen LogP contribution >= 0.6 is 27.7 Å². The predicted molar refractivity (Wildman–Crippen MR) is 75.8 cm³/mol. The van der Waals surface area contributed by atoms with Gasteiger partial charge in [0.05, 0.1) is 5.69 Å². The van der Waals surface area contributed by atoms with Gasteiger partial charge in [-0.05, 0) is 35.3 Å². The minimum absolute atomic E-state index is 0.836. The monoisotopic (exact) mass is 326 g/mol. The van der Waals surface area contributed by atoms with Crippen LogP contribution in [0.4, 0.5) is 0 Å². The Kier molecular flexibility index (Phi) is 4.40. The summed E-state index contributed by atoms with van der Waals surface area (Å²) in [5, 5.41) is 6.36. The maximum Gasteiger partial charge on any atom is 0.130 e. The number of nitrogens with zero attached hydrogens (tertiary/aromatic N) is 4. The van der Waals surface area contributed by atoms with Crippen molar-refractivity contribution in [3.05, 3.63) is 28.3 Å². The molecule has 0 aromatic carbocycles. The van der Waals surface area contributed by atoms with Gasteiger partial charge in [-0.2, -0.15) is 5.10 Å². The summed E-state index contributed by atoms with van der Waals surface area (Å²) >= 11 is 5.04. The third-order valence-corrected chi connectivity index (χ3v) is 3.78. The first kappa shape index (κ1) is 13.5. The minimum Gasteiger partial charge on any atom is -0.261 e. The molecule has 0 aliphatic heterocycles. The molecule has 2 aromatic rings. The fraction of sp³-hybridized carbons (Fsp3) is 0.417. The zero-order valence-corrected chi connectivity index (χ0v) is 13.0. The number of aromatic nitrogens is 4. The number of aryl methyl sites for hydroxylation is 3. The number of hydrogen-bond donors (Lipinski definition) is 0. The number of hydrogen-bond acceptors (Lipinski definition) is 4. The normalized spacial score (nSPS) is 10.9. The standard InChI is InChI=1S/C12H15BrN4S/c1-4-5-10-14-9(13)7-11(15-10)18-12-6-8(2)16-17(12)3/h6-7H,4-5H2,1-3H3. The molecule has 0 radical (unpaired) electrons. The van der Waals surface area contributed by atoms with E-state index in [1.54, 1.807) is 11.8 Å². The molecule has 0 aliphatic carbocycles. The molecule has 2 rings (SSSR count). The lowest BCUT2D eigenvalue weighted by Crippen LogP contribution is -1.97. The molecule has 2 aromatic heterocycles. The SMILES string of the molecule is CCCc1nc(Br)cc(Sc2cc(C)nn2C)n1. The maximum absolute atomic E-state index is 4.55. The third kappa shape index (κ3) is 3.32. The van der Waals surface area contributed by atoms with Crippen LogP contribution in [0.1, 0.15) is 24.9 Å². The smallest absolute Gasteiger partial charge is 0.130 e. The van der Waals surface area contributed by atoms with Gasteiger partial charge in [-0.25, -0.2) is 9.97 Å². The molecule has 0 amide bonds. The number of rotatable bonds is 4. The molecule has 96 valence electrons. The summed E-state index contributed by atoms with van der Waals surface area (Å²) in [5.74, 6) is 0.883. The first-order valence-electron chi connectivity index (χ1n) is 5.80. The van der Waals surface area contributed by atoms with Crippen LogP contribution in [0, 0.1) is 6.92 Å². The molecular formula is C12H15BrN4S. The van der Waals surface area contributed by atoms with E-state index >= 15 is 0 Å². The second-order valence-electron chi connectivity index (χ2n) is 4.04. The van der Waals surface area contributed by atoms with E-state index in [2.05, 4.69) is 44.0 Å². The van der Waals surface area contributed by atoms with Gasteiger partial charge in [0.15, 0.2) is 0 Å². The summed E-state index contributed by atoms with van der Waals surface area (Å²) in [6, 6.07) is 3.99. The van der Waals surface area contributed by atoms with Crippen molar-refractivity contribution in [1.82, 2.24) is 19.7 Å². The Balaban J connectivity index is 2.25. The molecule has 18 heavy (non-hydrogen) atoms. The van der Waals surface area contributed by atoms with Crippen LogP contribution in [-0.4, -0.2) is 19.7 Å². The van der Waals surface area contributed by atoms with E-state index < -0.39 is 0 Å². The van der Waals surface area contributed by atoms with Crippen molar-refractivity contribution in [2.75, 3.05) is 0 Å². The zero-order valence-electron chi connectivity index (χ0n) is 10.6. The second kappa shape index (κ2) is 5.84. The molecule has 0 aliphatic rings. The van der Waals surface area contributed by atoms with Gasteiger partial charge >= 0.3 is 0 Å². The molecule has 2 heterocycles. The third-order valence-electron chi connectivity index (χ3n) is 2.36. The molecule has 0 saturated carbocycles. The average molecular weight is 327 g/mol. The zero-order chi connectivity index (χ0) is 13.1. The first-order chi connectivity index (χ1) is 8.58. The molecule has 0 spiro atoms. The summed E-state index contributed by atoms with van der Waals surface area (Å²) in [7, 11) is 1.94. The summed E-state index contributed by atoms with van der Waals surface area (Å²) in [6.45, 7) is 4.12. The molecule has 6 heteroatoms. The van der Waals surface area contributed by atoms with E-state index in [9.17, 15) is 0 Å². The Bertz CT molecular complexity index is 553. The highest BCUT2D eigenvalue weighted by Crippen LogP contribution is 2.27. The van der Waals surface area contributed by atoms with E-state index in [1.807, 2.05) is 24.7 Å². The molecule has 4 nitrogen and oxygen atoms in total. The lowest BCUT2D eigenvalue weighted by Gasteiger charge is -2.04. The van der Waals surface area contributed by atoms with Crippen molar-refractivity contribution < 1.29 is 0 Å². The highest BCUT2D eigenvalue weighted by molar-refractivity contribution is 9.10. The first-order valence-corrected chi connectivity index (χ1v) is 7.41. The molecule has 0 fully saturated rings. The van der Waals surface area contributed by atoms with E-state index in [1.165, 1.54) is 0 Å². The van der Waals surface area contributed by atoms with Crippen LogP contribution in [0.25, 0.3) is 0 Å². The molecule has 0 unspecified atom stereocenters. The van der Waals surface area contributed by atoms with Crippen LogP contribution in [0.15, 0.2) is 26.8 Å². The Morgan fingerprint density at radius 2 is 2.11 bits per heavy atom. The fourth-order valence-corrected chi connectivity index (χ4v) is 3.13. The van der Waals surface area contributed by atoms with Crippen LogP contribution < -0.4 is 0 Å². The van der Waals surface area contributed by atoms with Gasteiger partial charge in [-0.3, -0.25) is 4.68 Å². The van der Waals surface area contributed by atoms with Crippen molar-refractivity contribution in [3.63, 3.8) is 0 Å². The Morgan fingerprint density at radius 1 is 1.33 bits per heavy atom. The Morgan fingerprint density at radius 3 is 2.72 bits per heavy atom. The molecule has 0 bridgehead atoms. The largest absolute Gasteiger partial charge is 0.261 e. The van der Waals surface area contributed by atoms with E-state index in [4.69, 9.17) is 0 Å². The summed E-state index contributed by atoms with van der Waals surface area (Å²) in [4.78, 5) is 8.91. The van der Waals surface area contributed by atoms with Crippen LogP contribution in [0.2, 0.25) is 0 Å². The quantitative estimate of drug-likeness (QED) is 0.808. The predicted octanol–water partition coefficient (Wildman–Crippen LogP) is 3.38. The van der Waals surface area contributed by atoms with Crippen LogP contribution in [0.3, 0.4) is 0 Å². The Hall–Kier alpha value is -0.880. The van der Waals surface area contributed by atoms with Gasteiger partial charge in [0.2, 0.25) is 0 Å².